The first-order valence-electron chi connectivity index (χ1n) is 9.80. The summed E-state index contributed by atoms with van der Waals surface area (Å²) in [6.07, 6.45) is -0.809. The summed E-state index contributed by atoms with van der Waals surface area (Å²) in [5.74, 6) is -0.150. The van der Waals surface area contributed by atoms with Crippen molar-refractivity contribution in [3.05, 3.63) is 83.3 Å². The van der Waals surface area contributed by atoms with Crippen LogP contribution in [0.15, 0.2) is 60.9 Å². The normalized spacial score (nSPS) is 12.8. The molecule has 2 aromatic carbocycles. The van der Waals surface area contributed by atoms with Crippen molar-refractivity contribution in [2.45, 2.75) is 32.5 Å². The zero-order valence-electron chi connectivity index (χ0n) is 17.0. The Hall–Kier alpha value is -3.55. The number of carbonyl (C=O) groups is 1. The fourth-order valence-corrected chi connectivity index (χ4v) is 3.74. The van der Waals surface area contributed by atoms with Crippen molar-refractivity contribution >= 4 is 16.8 Å². The number of rotatable bonds is 5. The molecule has 4 rings (SSSR count). The summed E-state index contributed by atoms with van der Waals surface area (Å²) in [5, 5.41) is 8.20. The molecule has 2 heterocycles. The second-order valence-electron chi connectivity index (χ2n) is 7.47. The Labute approximate surface area is 176 Å². The molecule has 1 amide bonds. The van der Waals surface area contributed by atoms with Crippen LogP contribution in [0.3, 0.4) is 0 Å². The second kappa shape index (κ2) is 7.94. The number of para-hydroxylation sites is 1. The van der Waals surface area contributed by atoms with Crippen LogP contribution in [0.4, 0.5) is 13.2 Å². The molecule has 0 radical (unpaired) electrons. The molecule has 2 N–H and O–H groups in total. The fourth-order valence-electron chi connectivity index (χ4n) is 3.74. The average molecular weight is 426 g/mol. The van der Waals surface area contributed by atoms with E-state index in [9.17, 15) is 18.0 Å². The van der Waals surface area contributed by atoms with E-state index in [1.165, 1.54) is 10.7 Å². The molecule has 0 fully saturated rings. The van der Waals surface area contributed by atoms with E-state index < -0.39 is 11.7 Å². The molecule has 0 aliphatic rings. The van der Waals surface area contributed by atoms with E-state index in [0.717, 1.165) is 34.2 Å². The number of hydrogen-bond acceptors (Lipinski definition) is 2. The van der Waals surface area contributed by atoms with Gasteiger partial charge in [-0.15, -0.1) is 0 Å². The maximum Gasteiger partial charge on any atom is 0.416 e. The van der Waals surface area contributed by atoms with Gasteiger partial charge >= 0.3 is 6.18 Å². The van der Waals surface area contributed by atoms with Crippen molar-refractivity contribution in [3.63, 3.8) is 0 Å². The van der Waals surface area contributed by atoms with Crippen molar-refractivity contribution in [3.8, 4) is 5.69 Å². The Morgan fingerprint density at radius 3 is 2.74 bits per heavy atom. The van der Waals surface area contributed by atoms with E-state index in [-0.39, 0.29) is 18.4 Å². The lowest BCUT2D eigenvalue weighted by atomic mass is 10.1. The number of fused-ring (bicyclic) bond motifs is 1. The minimum absolute atomic E-state index is 0.150. The summed E-state index contributed by atoms with van der Waals surface area (Å²) < 4.78 is 40.6. The second-order valence-corrected chi connectivity index (χ2v) is 7.47. The lowest BCUT2D eigenvalue weighted by Gasteiger charge is -2.15. The predicted octanol–water partition coefficient (Wildman–Crippen LogP) is 5.10. The van der Waals surface area contributed by atoms with E-state index in [1.807, 2.05) is 37.4 Å². The van der Waals surface area contributed by atoms with Gasteiger partial charge in [0.05, 0.1) is 29.9 Å². The topological polar surface area (TPSA) is 62.7 Å². The number of carbonyl (C=O) groups excluding carboxylic acids is 1. The number of hydrogen-bond donors (Lipinski definition) is 2. The summed E-state index contributed by atoms with van der Waals surface area (Å²) in [6, 6.07) is 12.4. The highest BCUT2D eigenvalue weighted by Crippen LogP contribution is 2.31. The van der Waals surface area contributed by atoms with E-state index in [0.29, 0.717) is 11.4 Å². The van der Waals surface area contributed by atoms with Crippen LogP contribution in [0.25, 0.3) is 16.6 Å². The zero-order valence-corrected chi connectivity index (χ0v) is 17.0. The molecule has 31 heavy (non-hydrogen) atoms. The average Bonchev–Trinajstić information content (AvgIpc) is 3.31. The van der Waals surface area contributed by atoms with Gasteiger partial charge in [-0.1, -0.05) is 24.3 Å². The van der Waals surface area contributed by atoms with Crippen molar-refractivity contribution in [2.24, 2.45) is 0 Å². The van der Waals surface area contributed by atoms with E-state index in [2.05, 4.69) is 15.4 Å². The predicted molar refractivity (Wildman–Crippen MR) is 112 cm³/mol. The number of halogens is 3. The van der Waals surface area contributed by atoms with Crippen LogP contribution in [0.1, 0.15) is 35.3 Å². The quantitative estimate of drug-likeness (QED) is 0.466. The maximum atomic E-state index is 13.0. The number of nitrogens with zero attached hydrogens (tertiary/aromatic N) is 2. The molecule has 0 bridgehead atoms. The van der Waals surface area contributed by atoms with Crippen LogP contribution < -0.4 is 5.32 Å². The molecule has 5 nitrogen and oxygen atoms in total. The van der Waals surface area contributed by atoms with E-state index >= 15 is 0 Å². The lowest BCUT2D eigenvalue weighted by molar-refractivity contribution is -0.137. The van der Waals surface area contributed by atoms with Crippen LogP contribution in [0.2, 0.25) is 0 Å². The highest BCUT2D eigenvalue weighted by Gasteiger charge is 2.30. The highest BCUT2D eigenvalue weighted by molar-refractivity contribution is 5.89. The first kappa shape index (κ1) is 20.7. The summed E-state index contributed by atoms with van der Waals surface area (Å²) in [5.41, 5.74) is 2.86. The Morgan fingerprint density at radius 2 is 1.97 bits per heavy atom. The number of benzene rings is 2. The van der Waals surface area contributed by atoms with Crippen LogP contribution in [-0.4, -0.2) is 20.7 Å². The first-order chi connectivity index (χ1) is 14.7. The van der Waals surface area contributed by atoms with Gasteiger partial charge in [-0.05, 0) is 43.7 Å². The maximum absolute atomic E-state index is 13.0. The highest BCUT2D eigenvalue weighted by atomic mass is 19.4. The van der Waals surface area contributed by atoms with Gasteiger partial charge in [0.2, 0.25) is 5.91 Å². The van der Waals surface area contributed by atoms with Crippen LogP contribution in [0, 0.1) is 6.92 Å². The third-order valence-electron chi connectivity index (χ3n) is 5.34. The Bertz CT molecular complexity index is 1240. The lowest BCUT2D eigenvalue weighted by Crippen LogP contribution is -2.28. The van der Waals surface area contributed by atoms with E-state index in [1.54, 1.807) is 19.2 Å². The number of alkyl halides is 3. The largest absolute Gasteiger partial charge is 0.416 e. The van der Waals surface area contributed by atoms with Gasteiger partial charge in [0.15, 0.2) is 0 Å². The summed E-state index contributed by atoms with van der Waals surface area (Å²) in [6.45, 7) is 3.60. The molecular weight excluding hydrogens is 405 g/mol. The number of aromatic amines is 1. The summed E-state index contributed by atoms with van der Waals surface area (Å²) >= 11 is 0. The summed E-state index contributed by atoms with van der Waals surface area (Å²) in [4.78, 5) is 15.8. The third kappa shape index (κ3) is 4.19. The Balaban J connectivity index is 1.50. The molecule has 0 aliphatic heterocycles. The SMILES string of the molecule is Cc1c([C@@H](C)NC(=O)Cc2c[nH]c3ccccc23)cnn1-c1cccc(C(F)(F)F)c1. The van der Waals surface area contributed by atoms with Gasteiger partial charge in [0.1, 0.15) is 0 Å². The molecule has 0 spiro atoms. The van der Waals surface area contributed by atoms with Gasteiger partial charge in [0.25, 0.3) is 0 Å². The zero-order chi connectivity index (χ0) is 22.2. The molecule has 0 saturated carbocycles. The molecule has 0 unspecified atom stereocenters. The smallest absolute Gasteiger partial charge is 0.361 e. The molecule has 1 atom stereocenters. The molecule has 0 aliphatic carbocycles. The molecule has 2 aromatic heterocycles. The third-order valence-corrected chi connectivity index (χ3v) is 5.34. The van der Waals surface area contributed by atoms with Gasteiger partial charge < -0.3 is 10.3 Å². The number of amides is 1. The van der Waals surface area contributed by atoms with Crippen molar-refractivity contribution in [1.29, 1.82) is 0 Å². The minimum atomic E-state index is -4.43. The van der Waals surface area contributed by atoms with Gasteiger partial charge in [0, 0.05) is 28.4 Å². The fraction of sp³-hybridized carbons (Fsp3) is 0.217. The van der Waals surface area contributed by atoms with Gasteiger partial charge in [-0.25, -0.2) is 4.68 Å². The van der Waals surface area contributed by atoms with Crippen molar-refractivity contribution in [1.82, 2.24) is 20.1 Å². The Morgan fingerprint density at radius 1 is 1.19 bits per heavy atom. The van der Waals surface area contributed by atoms with Crippen LogP contribution in [0.5, 0.6) is 0 Å². The minimum Gasteiger partial charge on any atom is -0.361 e. The monoisotopic (exact) mass is 426 g/mol. The standard InChI is InChI=1S/C23H21F3N4O/c1-14(29-22(31)10-16-12-27-21-9-4-3-8-19(16)21)20-13-28-30(15(20)2)18-7-5-6-17(11-18)23(24,25)26/h3-9,11-14,27H,10H2,1-2H3,(H,29,31)/t14-/m1/s1. The summed E-state index contributed by atoms with van der Waals surface area (Å²) in [7, 11) is 0. The molecule has 0 saturated heterocycles. The molecular formula is C23H21F3N4O. The number of H-pyrrole nitrogens is 1. The van der Waals surface area contributed by atoms with E-state index in [4.69, 9.17) is 0 Å². The van der Waals surface area contributed by atoms with Crippen LogP contribution in [-0.2, 0) is 17.4 Å². The van der Waals surface area contributed by atoms with Gasteiger partial charge in [-0.2, -0.15) is 18.3 Å². The number of nitrogens with one attached hydrogen (secondary N) is 2. The van der Waals surface area contributed by atoms with Crippen molar-refractivity contribution in [2.75, 3.05) is 0 Å². The Kier molecular flexibility index (Phi) is 5.31. The molecule has 160 valence electrons. The molecule has 8 heteroatoms. The first-order valence-corrected chi connectivity index (χ1v) is 9.80. The van der Waals surface area contributed by atoms with Crippen molar-refractivity contribution < 1.29 is 18.0 Å². The number of aromatic nitrogens is 3. The molecule has 4 aromatic rings. The van der Waals surface area contributed by atoms with Crippen LogP contribution >= 0.6 is 0 Å². The van der Waals surface area contributed by atoms with Gasteiger partial charge in [-0.3, -0.25) is 4.79 Å².